The Hall–Kier alpha value is -2.84. The molecule has 3 heterocycles. The molecule has 26 heavy (non-hydrogen) atoms. The molecule has 0 radical (unpaired) electrons. The first-order valence-corrected chi connectivity index (χ1v) is 8.18. The van der Waals surface area contributed by atoms with Crippen LogP contribution in [0.15, 0.2) is 30.3 Å². The fraction of sp³-hybridized carbons (Fsp3) is 0.353. The van der Waals surface area contributed by atoms with Crippen LogP contribution in [0.2, 0.25) is 0 Å². The molecule has 0 fully saturated rings. The predicted octanol–water partition coefficient (Wildman–Crippen LogP) is 3.03. The lowest BCUT2D eigenvalue weighted by molar-refractivity contribution is -0.137. The Labute approximate surface area is 147 Å². The molecule has 4 rings (SSSR count). The van der Waals surface area contributed by atoms with E-state index in [-0.39, 0.29) is 0 Å². The van der Waals surface area contributed by atoms with Crippen LogP contribution >= 0.6 is 0 Å². The Kier molecular flexibility index (Phi) is 3.74. The van der Waals surface area contributed by atoms with Crippen molar-refractivity contribution in [2.24, 2.45) is 7.05 Å². The predicted molar refractivity (Wildman–Crippen MR) is 89.5 cm³/mol. The van der Waals surface area contributed by atoms with Gasteiger partial charge in [-0.05, 0) is 25.1 Å². The van der Waals surface area contributed by atoms with Gasteiger partial charge >= 0.3 is 6.18 Å². The minimum absolute atomic E-state index is 0.531. The van der Waals surface area contributed by atoms with E-state index in [0.717, 1.165) is 36.6 Å². The van der Waals surface area contributed by atoms with Crippen molar-refractivity contribution in [3.63, 3.8) is 0 Å². The Balaban J connectivity index is 1.61. The maximum atomic E-state index is 12.7. The molecule has 2 aromatic heterocycles. The van der Waals surface area contributed by atoms with Crippen LogP contribution < -0.4 is 4.90 Å². The molecule has 1 aromatic carbocycles. The Morgan fingerprint density at radius 2 is 1.77 bits per heavy atom. The van der Waals surface area contributed by atoms with Gasteiger partial charge < -0.3 is 4.90 Å². The van der Waals surface area contributed by atoms with E-state index in [1.54, 1.807) is 0 Å². The van der Waals surface area contributed by atoms with Gasteiger partial charge in [-0.25, -0.2) is 0 Å². The number of hydrogen-bond acceptors (Lipinski definition) is 4. The number of fused-ring (bicyclic) bond motifs is 1. The van der Waals surface area contributed by atoms with E-state index >= 15 is 0 Å². The Morgan fingerprint density at radius 3 is 2.46 bits per heavy atom. The SMILES string of the molecule is Cc1cc2n(n1)CCN(c1nnc(-c3ccc(C(F)(F)F)cc3)n1C)C2. The first kappa shape index (κ1) is 16.6. The largest absolute Gasteiger partial charge is 0.416 e. The molecule has 0 N–H and O–H groups in total. The van der Waals surface area contributed by atoms with Gasteiger partial charge in [0.1, 0.15) is 0 Å². The average molecular weight is 362 g/mol. The lowest BCUT2D eigenvalue weighted by Crippen LogP contribution is -2.35. The van der Waals surface area contributed by atoms with Gasteiger partial charge in [0.15, 0.2) is 5.82 Å². The highest BCUT2D eigenvalue weighted by molar-refractivity contribution is 5.58. The molecule has 0 aliphatic carbocycles. The fourth-order valence-electron chi connectivity index (χ4n) is 3.24. The Morgan fingerprint density at radius 1 is 1.04 bits per heavy atom. The normalized spacial score (nSPS) is 14.6. The third-order valence-electron chi connectivity index (χ3n) is 4.53. The molecule has 0 bridgehead atoms. The molecular weight excluding hydrogens is 345 g/mol. The Bertz CT molecular complexity index is 939. The van der Waals surface area contributed by atoms with Crippen LogP contribution in [0, 0.1) is 6.92 Å². The summed E-state index contributed by atoms with van der Waals surface area (Å²) >= 11 is 0. The summed E-state index contributed by atoms with van der Waals surface area (Å²) < 4.78 is 42.0. The summed E-state index contributed by atoms with van der Waals surface area (Å²) in [4.78, 5) is 2.09. The van der Waals surface area contributed by atoms with Crippen LogP contribution in [-0.2, 0) is 26.3 Å². The van der Waals surface area contributed by atoms with Crippen molar-refractivity contribution in [3.05, 3.63) is 47.3 Å². The second kappa shape index (κ2) is 5.86. The second-order valence-electron chi connectivity index (χ2n) is 6.38. The first-order chi connectivity index (χ1) is 12.3. The molecule has 3 aromatic rings. The summed E-state index contributed by atoms with van der Waals surface area (Å²) in [7, 11) is 1.82. The average Bonchev–Trinajstić information content (AvgIpc) is 3.15. The van der Waals surface area contributed by atoms with Gasteiger partial charge in [0.25, 0.3) is 0 Å². The summed E-state index contributed by atoms with van der Waals surface area (Å²) in [6.07, 6.45) is -4.35. The minimum atomic E-state index is -4.35. The van der Waals surface area contributed by atoms with E-state index in [1.807, 2.05) is 29.3 Å². The zero-order chi connectivity index (χ0) is 18.5. The van der Waals surface area contributed by atoms with Crippen LogP contribution in [-0.4, -0.2) is 31.1 Å². The van der Waals surface area contributed by atoms with Crippen LogP contribution in [0.4, 0.5) is 19.1 Å². The molecule has 0 saturated heterocycles. The summed E-state index contributed by atoms with van der Waals surface area (Å²) in [5.41, 5.74) is 2.00. The molecule has 0 saturated carbocycles. The van der Waals surface area contributed by atoms with Gasteiger partial charge in [0.2, 0.25) is 5.95 Å². The highest BCUT2D eigenvalue weighted by Gasteiger charge is 2.30. The number of anilines is 1. The maximum absolute atomic E-state index is 12.7. The molecule has 1 aliphatic rings. The van der Waals surface area contributed by atoms with E-state index in [9.17, 15) is 13.2 Å². The zero-order valence-corrected chi connectivity index (χ0v) is 14.3. The first-order valence-electron chi connectivity index (χ1n) is 8.18. The molecule has 9 heteroatoms. The van der Waals surface area contributed by atoms with Crippen molar-refractivity contribution in [2.45, 2.75) is 26.2 Å². The number of rotatable bonds is 2. The summed E-state index contributed by atoms with van der Waals surface area (Å²) in [6.45, 7) is 4.12. The zero-order valence-electron chi connectivity index (χ0n) is 14.3. The maximum Gasteiger partial charge on any atom is 0.416 e. The number of alkyl halides is 3. The topological polar surface area (TPSA) is 51.8 Å². The molecule has 0 unspecified atom stereocenters. The van der Waals surface area contributed by atoms with Crippen LogP contribution in [0.3, 0.4) is 0 Å². The van der Waals surface area contributed by atoms with Gasteiger partial charge in [-0.3, -0.25) is 9.25 Å². The monoisotopic (exact) mass is 362 g/mol. The number of aromatic nitrogens is 5. The molecule has 1 aliphatic heterocycles. The third-order valence-corrected chi connectivity index (χ3v) is 4.53. The van der Waals surface area contributed by atoms with Crippen molar-refractivity contribution >= 4 is 5.95 Å². The quantitative estimate of drug-likeness (QED) is 0.703. The van der Waals surface area contributed by atoms with Gasteiger partial charge in [-0.1, -0.05) is 12.1 Å². The molecule has 0 spiro atoms. The van der Waals surface area contributed by atoms with E-state index in [1.165, 1.54) is 12.1 Å². The highest BCUT2D eigenvalue weighted by Crippen LogP contribution is 2.31. The molecule has 0 atom stereocenters. The summed E-state index contributed by atoms with van der Waals surface area (Å²) in [6, 6.07) is 7.01. The smallest absolute Gasteiger partial charge is 0.333 e. The van der Waals surface area contributed by atoms with Crippen molar-refractivity contribution in [1.82, 2.24) is 24.5 Å². The molecule has 0 amide bonds. The lowest BCUT2D eigenvalue weighted by Gasteiger charge is -2.28. The second-order valence-corrected chi connectivity index (χ2v) is 6.38. The van der Waals surface area contributed by atoms with Gasteiger partial charge in [0, 0.05) is 19.2 Å². The molecule has 136 valence electrons. The third kappa shape index (κ3) is 2.83. The van der Waals surface area contributed by atoms with E-state index in [2.05, 4.69) is 20.2 Å². The van der Waals surface area contributed by atoms with Crippen molar-refractivity contribution < 1.29 is 13.2 Å². The molecule has 6 nitrogen and oxygen atoms in total. The van der Waals surface area contributed by atoms with Gasteiger partial charge in [-0.15, -0.1) is 10.2 Å². The van der Waals surface area contributed by atoms with Crippen LogP contribution in [0.1, 0.15) is 17.0 Å². The number of halogens is 3. The van der Waals surface area contributed by atoms with Crippen molar-refractivity contribution in [3.8, 4) is 11.4 Å². The van der Waals surface area contributed by atoms with Crippen molar-refractivity contribution in [1.29, 1.82) is 0 Å². The van der Waals surface area contributed by atoms with Crippen molar-refractivity contribution in [2.75, 3.05) is 11.4 Å². The van der Waals surface area contributed by atoms with Crippen LogP contribution in [0.5, 0.6) is 0 Å². The van der Waals surface area contributed by atoms with E-state index in [4.69, 9.17) is 0 Å². The summed E-state index contributed by atoms with van der Waals surface area (Å²) in [5, 5.41) is 12.9. The number of nitrogens with zero attached hydrogens (tertiary/aromatic N) is 6. The highest BCUT2D eigenvalue weighted by atomic mass is 19.4. The standard InChI is InChI=1S/C17H17F3N6/c1-11-9-14-10-25(7-8-26(14)23-11)16-22-21-15(24(16)2)12-3-5-13(6-4-12)17(18,19)20/h3-6,9H,7-8,10H2,1-2H3. The number of aryl methyl sites for hydroxylation is 1. The van der Waals surface area contributed by atoms with Gasteiger partial charge in [-0.2, -0.15) is 18.3 Å². The van der Waals surface area contributed by atoms with Crippen LogP contribution in [0.25, 0.3) is 11.4 Å². The van der Waals surface area contributed by atoms with Gasteiger partial charge in [0.05, 0.1) is 30.0 Å². The molecular formula is C17H17F3N6. The lowest BCUT2D eigenvalue weighted by atomic mass is 10.1. The fourth-order valence-corrected chi connectivity index (χ4v) is 3.24. The number of benzene rings is 1. The number of hydrogen-bond donors (Lipinski definition) is 0. The van der Waals surface area contributed by atoms with E-state index in [0.29, 0.717) is 23.9 Å². The summed E-state index contributed by atoms with van der Waals surface area (Å²) in [5.74, 6) is 1.22. The van der Waals surface area contributed by atoms with E-state index < -0.39 is 11.7 Å². The minimum Gasteiger partial charge on any atom is -0.333 e.